The minimum absolute atomic E-state index is 0.0251. The van der Waals surface area contributed by atoms with Gasteiger partial charge in [-0.05, 0) is 67.5 Å². The molecular formula is C35H33Cl2N3O6. The average Bonchev–Trinajstić information content (AvgIpc) is 3.83. The SMILES string of the molecule is COC(=O)c1cc(OC)c(NC(=O)N2C3CC(OCc4c(-c5c(Cl)cccc5Cl)noc4C4CC4)CC2C3)cc1-c1ccccc1. The number of hydrogen-bond acceptors (Lipinski definition) is 7. The number of aromatic nitrogens is 1. The number of carbonyl (C=O) groups excluding carboxylic acids is 2. The summed E-state index contributed by atoms with van der Waals surface area (Å²) < 4.78 is 22.9. The highest BCUT2D eigenvalue weighted by molar-refractivity contribution is 6.39. The van der Waals surface area contributed by atoms with Gasteiger partial charge in [-0.25, -0.2) is 9.59 Å². The van der Waals surface area contributed by atoms with E-state index in [-0.39, 0.29) is 24.2 Å². The fraction of sp³-hybridized carbons (Fsp3) is 0.343. The molecule has 2 saturated heterocycles. The van der Waals surface area contributed by atoms with Gasteiger partial charge in [-0.15, -0.1) is 0 Å². The Balaban J connectivity index is 1.05. The van der Waals surface area contributed by atoms with Crippen molar-refractivity contribution < 1.29 is 28.3 Å². The van der Waals surface area contributed by atoms with Crippen LogP contribution in [-0.4, -0.2) is 54.5 Å². The minimum atomic E-state index is -0.490. The van der Waals surface area contributed by atoms with Crippen molar-refractivity contribution in [3.8, 4) is 28.1 Å². The van der Waals surface area contributed by atoms with Crippen LogP contribution in [0, 0.1) is 0 Å². The van der Waals surface area contributed by atoms with Crippen LogP contribution in [0.15, 0.2) is 65.2 Å². The van der Waals surface area contributed by atoms with E-state index in [2.05, 4.69) is 10.5 Å². The topological polar surface area (TPSA) is 103 Å². The average molecular weight is 663 g/mol. The smallest absolute Gasteiger partial charge is 0.338 e. The highest BCUT2D eigenvalue weighted by Gasteiger charge is 2.48. The fourth-order valence-corrected chi connectivity index (χ4v) is 7.28. The first-order valence-electron chi connectivity index (χ1n) is 15.4. The van der Waals surface area contributed by atoms with Crippen LogP contribution in [0.1, 0.15) is 59.7 Å². The minimum Gasteiger partial charge on any atom is -0.495 e. The molecule has 11 heteroatoms. The van der Waals surface area contributed by atoms with Crippen LogP contribution in [0.25, 0.3) is 22.4 Å². The number of fused-ring (bicyclic) bond motifs is 2. The van der Waals surface area contributed by atoms with E-state index < -0.39 is 5.97 Å². The zero-order valence-electron chi connectivity index (χ0n) is 25.4. The third-order valence-electron chi connectivity index (χ3n) is 9.14. The summed E-state index contributed by atoms with van der Waals surface area (Å²) >= 11 is 13.1. The van der Waals surface area contributed by atoms with Gasteiger partial charge in [-0.2, -0.15) is 0 Å². The van der Waals surface area contributed by atoms with E-state index >= 15 is 0 Å². The molecule has 2 aliphatic heterocycles. The lowest BCUT2D eigenvalue weighted by molar-refractivity contribution is -0.0837. The Bertz CT molecular complexity index is 1760. The van der Waals surface area contributed by atoms with Gasteiger partial charge in [0.25, 0.3) is 0 Å². The standard InChI is InChI=1S/C35H33Cl2N3O6/c1-43-30-17-25(34(41)44-2)24(19-7-4-3-5-8-19)16-29(30)38-35(42)40-21-13-22(40)15-23(14-21)45-18-26-32(39-46-33(26)20-11-12-20)31-27(36)9-6-10-28(31)37/h3-10,16-17,20-23H,11-15,18H2,1-2H3,(H,38,42). The predicted octanol–water partition coefficient (Wildman–Crippen LogP) is 8.34. The number of nitrogens with one attached hydrogen (secondary N) is 1. The van der Waals surface area contributed by atoms with Gasteiger partial charge in [0.05, 0.1) is 48.2 Å². The number of hydrogen-bond donors (Lipinski definition) is 1. The highest BCUT2D eigenvalue weighted by atomic mass is 35.5. The Morgan fingerprint density at radius 3 is 2.35 bits per heavy atom. The number of anilines is 1. The van der Waals surface area contributed by atoms with Crippen molar-refractivity contribution in [2.45, 2.75) is 62.8 Å². The normalized spacial score (nSPS) is 20.2. The van der Waals surface area contributed by atoms with E-state index in [4.69, 9.17) is 41.9 Å². The monoisotopic (exact) mass is 661 g/mol. The van der Waals surface area contributed by atoms with Gasteiger partial charge in [0.1, 0.15) is 17.2 Å². The van der Waals surface area contributed by atoms with Crippen molar-refractivity contribution in [2.75, 3.05) is 19.5 Å². The zero-order chi connectivity index (χ0) is 31.9. The van der Waals surface area contributed by atoms with E-state index in [0.717, 1.165) is 36.1 Å². The largest absolute Gasteiger partial charge is 0.495 e. The Hall–Kier alpha value is -4.05. The molecule has 2 atom stereocenters. The van der Waals surface area contributed by atoms with Crippen molar-refractivity contribution in [1.29, 1.82) is 0 Å². The van der Waals surface area contributed by atoms with Gasteiger partial charge in [0, 0.05) is 29.1 Å². The van der Waals surface area contributed by atoms with Crippen LogP contribution in [0.5, 0.6) is 5.75 Å². The summed E-state index contributed by atoms with van der Waals surface area (Å²) in [7, 11) is 2.84. The van der Waals surface area contributed by atoms with E-state index in [1.165, 1.54) is 14.2 Å². The molecule has 2 aliphatic carbocycles. The molecule has 1 N–H and O–H groups in total. The Morgan fingerprint density at radius 2 is 1.70 bits per heavy atom. The Morgan fingerprint density at radius 1 is 0.978 bits per heavy atom. The number of piperidine rings is 1. The summed E-state index contributed by atoms with van der Waals surface area (Å²) in [6.07, 6.45) is 4.43. The summed E-state index contributed by atoms with van der Waals surface area (Å²) in [5.41, 5.74) is 4.45. The molecule has 4 aromatic rings. The van der Waals surface area contributed by atoms with Crippen molar-refractivity contribution in [2.24, 2.45) is 0 Å². The molecule has 4 fully saturated rings. The summed E-state index contributed by atoms with van der Waals surface area (Å²) in [6.45, 7) is 0.328. The molecule has 2 bridgehead atoms. The number of methoxy groups -OCH3 is 2. The lowest BCUT2D eigenvalue weighted by Gasteiger charge is -2.54. The van der Waals surface area contributed by atoms with Crippen LogP contribution < -0.4 is 10.1 Å². The molecule has 4 aliphatic rings. The van der Waals surface area contributed by atoms with Gasteiger partial charge < -0.3 is 29.0 Å². The van der Waals surface area contributed by atoms with Crippen LogP contribution in [-0.2, 0) is 16.1 Å². The third-order valence-corrected chi connectivity index (χ3v) is 9.77. The number of esters is 1. The van der Waals surface area contributed by atoms with Crippen LogP contribution in [0.2, 0.25) is 10.0 Å². The van der Waals surface area contributed by atoms with E-state index in [1.54, 1.807) is 30.3 Å². The van der Waals surface area contributed by atoms with Gasteiger partial charge >= 0.3 is 12.0 Å². The molecule has 0 radical (unpaired) electrons. The predicted molar refractivity (Wildman–Crippen MR) is 175 cm³/mol. The number of rotatable bonds is 9. The van der Waals surface area contributed by atoms with Crippen molar-refractivity contribution in [3.05, 3.63) is 87.6 Å². The first-order valence-corrected chi connectivity index (χ1v) is 16.1. The number of nitrogens with zero attached hydrogens (tertiary/aromatic N) is 2. The summed E-state index contributed by atoms with van der Waals surface area (Å²) in [6, 6.07) is 18.1. The van der Waals surface area contributed by atoms with Gasteiger partial charge in [0.2, 0.25) is 0 Å². The Labute approximate surface area is 276 Å². The van der Waals surface area contributed by atoms with Gasteiger partial charge in [-0.3, -0.25) is 0 Å². The molecule has 0 spiro atoms. The fourth-order valence-electron chi connectivity index (χ4n) is 6.70. The highest BCUT2D eigenvalue weighted by Crippen LogP contribution is 2.47. The zero-order valence-corrected chi connectivity index (χ0v) is 26.9. The summed E-state index contributed by atoms with van der Waals surface area (Å²) in [4.78, 5) is 28.1. The quantitative estimate of drug-likeness (QED) is 0.180. The molecule has 3 aromatic carbocycles. The van der Waals surface area contributed by atoms with Crippen molar-refractivity contribution in [1.82, 2.24) is 10.1 Å². The van der Waals surface area contributed by atoms with Gasteiger partial charge in [0.15, 0.2) is 0 Å². The molecule has 3 heterocycles. The molecule has 9 nitrogen and oxygen atoms in total. The molecule has 1 aromatic heterocycles. The maximum absolute atomic E-state index is 13.6. The second kappa shape index (κ2) is 12.6. The van der Waals surface area contributed by atoms with E-state index in [9.17, 15) is 9.59 Å². The molecule has 8 rings (SSSR count). The van der Waals surface area contributed by atoms with Crippen LogP contribution >= 0.6 is 23.2 Å². The second-order valence-corrected chi connectivity index (χ2v) is 12.8. The van der Waals surface area contributed by atoms with Crippen LogP contribution in [0.3, 0.4) is 0 Å². The number of carbonyl (C=O) groups is 2. The number of urea groups is 1. The first-order chi connectivity index (χ1) is 22.4. The van der Waals surface area contributed by atoms with E-state index in [1.807, 2.05) is 35.2 Å². The second-order valence-electron chi connectivity index (χ2n) is 12.0. The molecular weight excluding hydrogens is 629 g/mol. The lowest BCUT2D eigenvalue weighted by atomic mass is 9.78. The number of amides is 2. The Kier molecular flexibility index (Phi) is 8.40. The third kappa shape index (κ3) is 5.72. The first kappa shape index (κ1) is 30.6. The van der Waals surface area contributed by atoms with E-state index in [0.29, 0.717) is 69.2 Å². The van der Waals surface area contributed by atoms with Crippen molar-refractivity contribution in [3.63, 3.8) is 0 Å². The number of ether oxygens (including phenoxy) is 3. The molecule has 2 amide bonds. The summed E-state index contributed by atoms with van der Waals surface area (Å²) in [5.74, 6) is 1.06. The molecule has 46 heavy (non-hydrogen) atoms. The number of halogens is 2. The maximum atomic E-state index is 13.6. The number of benzene rings is 3. The molecule has 2 unspecified atom stereocenters. The lowest BCUT2D eigenvalue weighted by Crippen LogP contribution is -2.65. The van der Waals surface area contributed by atoms with Gasteiger partial charge in [-0.1, -0.05) is 64.8 Å². The van der Waals surface area contributed by atoms with Crippen molar-refractivity contribution >= 4 is 40.9 Å². The molecule has 238 valence electrons. The summed E-state index contributed by atoms with van der Waals surface area (Å²) in [5, 5.41) is 8.44. The molecule has 2 saturated carbocycles. The maximum Gasteiger partial charge on any atom is 0.338 e. The van der Waals surface area contributed by atoms with Crippen LogP contribution in [0.4, 0.5) is 10.5 Å².